The molecule has 5 unspecified atom stereocenters. The number of aliphatic hydroxyl groups is 1. The molecule has 0 aliphatic carbocycles. The molecule has 0 aromatic rings. The van der Waals surface area contributed by atoms with E-state index in [9.17, 15) is 39.0 Å². The fourth-order valence-corrected chi connectivity index (χ4v) is 2.94. The van der Waals surface area contributed by atoms with Gasteiger partial charge in [-0.2, -0.15) is 0 Å². The van der Waals surface area contributed by atoms with Crippen molar-refractivity contribution < 1.29 is 39.0 Å². The van der Waals surface area contributed by atoms with Crippen molar-refractivity contribution in [2.24, 2.45) is 33.7 Å². The van der Waals surface area contributed by atoms with Gasteiger partial charge in [-0.25, -0.2) is 4.79 Å². The van der Waals surface area contributed by atoms with Gasteiger partial charge in [-0.1, -0.05) is 0 Å². The largest absolute Gasteiger partial charge is 0.480 e. The molecule has 17 nitrogen and oxygen atoms in total. The van der Waals surface area contributed by atoms with Crippen molar-refractivity contribution in [2.45, 2.75) is 75.7 Å². The first kappa shape index (κ1) is 33.0. The van der Waals surface area contributed by atoms with Crippen molar-refractivity contribution >= 4 is 41.5 Å². The lowest BCUT2D eigenvalue weighted by Gasteiger charge is -2.26. The molecular weight excluding hydrogens is 494 g/mol. The van der Waals surface area contributed by atoms with Gasteiger partial charge >= 0.3 is 5.97 Å². The third kappa shape index (κ3) is 14.2. The van der Waals surface area contributed by atoms with Gasteiger partial charge in [-0.3, -0.25) is 29.0 Å². The van der Waals surface area contributed by atoms with Crippen LogP contribution in [0.2, 0.25) is 0 Å². The van der Waals surface area contributed by atoms with Crippen molar-refractivity contribution in [3.63, 3.8) is 0 Å². The van der Waals surface area contributed by atoms with E-state index in [1.807, 2.05) is 0 Å². The summed E-state index contributed by atoms with van der Waals surface area (Å²) in [7, 11) is 0. The van der Waals surface area contributed by atoms with Crippen LogP contribution in [-0.4, -0.2) is 88.5 Å². The van der Waals surface area contributed by atoms with E-state index in [1.54, 1.807) is 0 Å². The number of primary amides is 2. The van der Waals surface area contributed by atoms with E-state index in [-0.39, 0.29) is 51.0 Å². The first-order valence-corrected chi connectivity index (χ1v) is 11.3. The maximum atomic E-state index is 12.9. The highest BCUT2D eigenvalue weighted by atomic mass is 16.4. The number of nitrogens with zero attached hydrogens (tertiary/aromatic N) is 1. The molecule has 37 heavy (non-hydrogen) atoms. The van der Waals surface area contributed by atoms with Crippen LogP contribution in [0.1, 0.15) is 45.4 Å². The Morgan fingerprint density at radius 1 is 0.784 bits per heavy atom. The lowest BCUT2D eigenvalue weighted by molar-refractivity contribution is -0.143. The van der Waals surface area contributed by atoms with Crippen molar-refractivity contribution in [2.75, 3.05) is 6.54 Å². The Hall–Kier alpha value is -3.99. The van der Waals surface area contributed by atoms with Gasteiger partial charge < -0.3 is 54.8 Å². The second-order valence-electron chi connectivity index (χ2n) is 8.25. The summed E-state index contributed by atoms with van der Waals surface area (Å²) in [5.41, 5.74) is 26.2. The van der Waals surface area contributed by atoms with Crippen molar-refractivity contribution in [3.8, 4) is 0 Å². The zero-order valence-corrected chi connectivity index (χ0v) is 20.5. The Kier molecular flexibility index (Phi) is 14.8. The lowest BCUT2D eigenvalue weighted by atomic mass is 10.1. The Labute approximate surface area is 212 Å². The number of carbonyl (C=O) groups excluding carboxylic acids is 5. The smallest absolute Gasteiger partial charge is 0.326 e. The third-order valence-electron chi connectivity index (χ3n) is 4.97. The van der Waals surface area contributed by atoms with E-state index >= 15 is 0 Å². The molecule has 0 saturated heterocycles. The van der Waals surface area contributed by atoms with E-state index in [0.717, 1.165) is 0 Å². The molecular formula is C20H37N9O8. The third-order valence-corrected chi connectivity index (χ3v) is 4.97. The second-order valence-corrected chi connectivity index (χ2v) is 8.25. The van der Waals surface area contributed by atoms with E-state index in [4.69, 9.17) is 28.7 Å². The number of aliphatic hydroxyl groups excluding tert-OH is 1. The molecule has 0 aromatic heterocycles. The molecule has 0 rings (SSSR count). The van der Waals surface area contributed by atoms with Gasteiger partial charge in [0.05, 0.1) is 12.1 Å². The van der Waals surface area contributed by atoms with Crippen LogP contribution in [0.5, 0.6) is 0 Å². The molecule has 0 aliphatic heterocycles. The second kappa shape index (κ2) is 16.6. The number of hydrogen-bond donors (Lipinski definition) is 10. The van der Waals surface area contributed by atoms with Crippen LogP contribution in [-0.2, 0) is 28.8 Å². The quantitative estimate of drug-likeness (QED) is 0.0452. The molecule has 0 saturated carbocycles. The molecule has 0 aromatic carbocycles. The normalized spacial score (nSPS) is 14.7. The zero-order valence-electron chi connectivity index (χ0n) is 20.5. The Bertz CT molecular complexity index is 861. The summed E-state index contributed by atoms with van der Waals surface area (Å²) in [6.07, 6.45) is -2.22. The number of amides is 5. The summed E-state index contributed by atoms with van der Waals surface area (Å²) in [4.78, 5) is 75.3. The van der Waals surface area contributed by atoms with Crippen LogP contribution >= 0.6 is 0 Å². The van der Waals surface area contributed by atoms with Gasteiger partial charge in [0.25, 0.3) is 0 Å². The molecule has 0 fully saturated rings. The molecule has 0 spiro atoms. The summed E-state index contributed by atoms with van der Waals surface area (Å²) in [6.45, 7) is 1.29. The SMILES string of the molecule is CC(O)C(NC(=O)C(CCC(N)=O)NC(=O)C(N)CCC(N)=O)C(=O)NC(CCCN=C(N)N)C(=O)O. The molecule has 5 amide bonds. The molecule has 0 aliphatic rings. The van der Waals surface area contributed by atoms with Gasteiger partial charge in [0, 0.05) is 19.4 Å². The predicted molar refractivity (Wildman–Crippen MR) is 130 cm³/mol. The number of carbonyl (C=O) groups is 6. The monoisotopic (exact) mass is 531 g/mol. The van der Waals surface area contributed by atoms with Crippen molar-refractivity contribution in [1.29, 1.82) is 0 Å². The highest BCUT2D eigenvalue weighted by Crippen LogP contribution is 2.05. The van der Waals surface area contributed by atoms with Crippen LogP contribution in [0.3, 0.4) is 0 Å². The minimum atomic E-state index is -1.62. The molecule has 210 valence electrons. The summed E-state index contributed by atoms with van der Waals surface area (Å²) < 4.78 is 0. The van der Waals surface area contributed by atoms with Gasteiger partial charge in [0.15, 0.2) is 5.96 Å². The number of aliphatic imine (C=N–C) groups is 1. The summed E-state index contributed by atoms with van der Waals surface area (Å²) in [5, 5.41) is 26.2. The van der Waals surface area contributed by atoms with Crippen LogP contribution in [0.25, 0.3) is 0 Å². The maximum absolute atomic E-state index is 12.9. The number of carboxylic acid groups (broad SMARTS) is 1. The van der Waals surface area contributed by atoms with Gasteiger partial charge in [0.2, 0.25) is 29.5 Å². The topological polar surface area (TPSA) is 321 Å². The highest BCUT2D eigenvalue weighted by molar-refractivity contribution is 5.94. The Morgan fingerprint density at radius 2 is 1.32 bits per heavy atom. The zero-order chi connectivity index (χ0) is 28.7. The van der Waals surface area contributed by atoms with E-state index in [0.29, 0.717) is 0 Å². The average molecular weight is 532 g/mol. The van der Waals surface area contributed by atoms with Crippen molar-refractivity contribution in [1.82, 2.24) is 16.0 Å². The number of nitrogens with two attached hydrogens (primary N) is 5. The number of aliphatic carboxylic acids is 1. The predicted octanol–water partition coefficient (Wildman–Crippen LogP) is -5.18. The van der Waals surface area contributed by atoms with Gasteiger partial charge in [-0.05, 0) is 32.6 Å². The summed E-state index contributed by atoms with van der Waals surface area (Å²) in [5.74, 6) is -5.85. The summed E-state index contributed by atoms with van der Waals surface area (Å²) in [6, 6.07) is -5.61. The number of nitrogens with one attached hydrogen (secondary N) is 3. The first-order chi connectivity index (χ1) is 17.1. The molecule has 0 bridgehead atoms. The number of rotatable bonds is 18. The Balaban J connectivity index is 5.43. The van der Waals surface area contributed by atoms with E-state index in [2.05, 4.69) is 20.9 Å². The van der Waals surface area contributed by atoms with Crippen LogP contribution in [0.4, 0.5) is 0 Å². The fraction of sp³-hybridized carbons (Fsp3) is 0.650. The summed E-state index contributed by atoms with van der Waals surface area (Å²) >= 11 is 0. The number of guanidine groups is 1. The first-order valence-electron chi connectivity index (χ1n) is 11.3. The van der Waals surface area contributed by atoms with Gasteiger partial charge in [0.1, 0.15) is 18.1 Å². The Morgan fingerprint density at radius 3 is 1.81 bits per heavy atom. The van der Waals surface area contributed by atoms with Crippen molar-refractivity contribution in [3.05, 3.63) is 0 Å². The van der Waals surface area contributed by atoms with E-state index in [1.165, 1.54) is 6.92 Å². The van der Waals surface area contributed by atoms with Crippen LogP contribution in [0, 0.1) is 0 Å². The lowest BCUT2D eigenvalue weighted by Crippen LogP contribution is -2.59. The molecule has 5 atom stereocenters. The molecule has 0 heterocycles. The van der Waals surface area contributed by atoms with Crippen LogP contribution < -0.4 is 44.6 Å². The maximum Gasteiger partial charge on any atom is 0.326 e. The highest BCUT2D eigenvalue weighted by Gasteiger charge is 2.32. The molecule has 0 radical (unpaired) electrons. The van der Waals surface area contributed by atoms with E-state index < -0.39 is 65.8 Å². The van der Waals surface area contributed by atoms with Crippen LogP contribution in [0.15, 0.2) is 4.99 Å². The molecule has 17 heteroatoms. The minimum Gasteiger partial charge on any atom is -0.480 e. The average Bonchev–Trinajstić information content (AvgIpc) is 2.79. The standard InChI is InChI=1S/C20H37N9O8/c1-9(30)15(18(35)28-12(19(36)37)3-2-8-26-20(24)25)29-17(34)11(5-7-14(23)32)27-16(33)10(21)4-6-13(22)31/h9-12,15,30H,2-8,21H2,1H3,(H2,22,31)(H2,23,32)(H,27,33)(H,28,35)(H,29,34)(H,36,37)(H4,24,25,26). The number of hydrogen-bond acceptors (Lipinski definition) is 9. The minimum absolute atomic E-state index is 0.0567. The number of carboxylic acids is 1. The molecule has 15 N–H and O–H groups in total. The van der Waals surface area contributed by atoms with Gasteiger partial charge in [-0.15, -0.1) is 0 Å². The fourth-order valence-electron chi connectivity index (χ4n) is 2.94.